The quantitative estimate of drug-likeness (QED) is 0.721. The molecule has 1 fully saturated rings. The van der Waals surface area contributed by atoms with Gasteiger partial charge in [0, 0.05) is 18.2 Å². The van der Waals surface area contributed by atoms with Crippen molar-refractivity contribution in [2.45, 2.75) is 44.1 Å². The van der Waals surface area contributed by atoms with Gasteiger partial charge in [0.2, 0.25) is 5.91 Å². The molecule has 2 N–H and O–H groups in total. The van der Waals surface area contributed by atoms with Crippen molar-refractivity contribution >= 4 is 17.4 Å². The average Bonchev–Trinajstić information content (AvgIpc) is 2.45. The molecule has 0 radical (unpaired) electrons. The van der Waals surface area contributed by atoms with Gasteiger partial charge in [0.1, 0.15) is 5.82 Å². The summed E-state index contributed by atoms with van der Waals surface area (Å²) in [5.41, 5.74) is 0.738. The summed E-state index contributed by atoms with van der Waals surface area (Å²) in [5, 5.41) is 6.44. The topological polar surface area (TPSA) is 54.0 Å². The molecule has 1 aromatic rings. The van der Waals surface area contributed by atoms with Crippen LogP contribution in [0.2, 0.25) is 0 Å². The molecule has 90 valence electrons. The van der Waals surface area contributed by atoms with E-state index in [0.29, 0.717) is 6.42 Å². The third-order valence-electron chi connectivity index (χ3n) is 3.77. The maximum atomic E-state index is 11.9. The lowest BCUT2D eigenvalue weighted by Crippen LogP contribution is -2.41. The van der Waals surface area contributed by atoms with Gasteiger partial charge in [0.05, 0.1) is 5.69 Å². The van der Waals surface area contributed by atoms with Crippen LogP contribution in [0.1, 0.15) is 38.5 Å². The van der Waals surface area contributed by atoms with Gasteiger partial charge in [-0.1, -0.05) is 19.3 Å². The molecule has 4 nitrogen and oxygen atoms in total. The minimum atomic E-state index is -0.0675. The molecule has 1 spiro atoms. The van der Waals surface area contributed by atoms with Crippen LogP contribution in [0.3, 0.4) is 0 Å². The zero-order valence-electron chi connectivity index (χ0n) is 9.83. The largest absolute Gasteiger partial charge is 0.362 e. The van der Waals surface area contributed by atoms with Crippen LogP contribution < -0.4 is 10.6 Å². The minimum Gasteiger partial charge on any atom is -0.362 e. The van der Waals surface area contributed by atoms with Crippen molar-refractivity contribution in [3.63, 3.8) is 0 Å². The van der Waals surface area contributed by atoms with E-state index >= 15 is 0 Å². The Labute approximate surface area is 101 Å². The standard InChI is InChI=1S/C13H17N3O/c17-11-9-13(6-2-1-3-7-13)16-12-10(15-11)5-4-8-14-12/h4-5,8H,1-3,6-7,9H2,(H,14,16)(H,15,17). The number of fused-ring (bicyclic) bond motifs is 1. The number of nitrogens with one attached hydrogen (secondary N) is 2. The molecule has 2 aliphatic rings. The van der Waals surface area contributed by atoms with Crippen molar-refractivity contribution in [1.82, 2.24) is 4.98 Å². The Balaban J connectivity index is 1.96. The Hall–Kier alpha value is -1.58. The molecule has 1 aromatic heterocycles. The summed E-state index contributed by atoms with van der Waals surface area (Å²) in [4.78, 5) is 16.3. The molecule has 1 saturated carbocycles. The van der Waals surface area contributed by atoms with Crippen LogP contribution >= 0.6 is 0 Å². The van der Waals surface area contributed by atoms with Crippen molar-refractivity contribution in [2.75, 3.05) is 10.6 Å². The first-order valence-corrected chi connectivity index (χ1v) is 6.31. The first-order valence-electron chi connectivity index (χ1n) is 6.31. The van der Waals surface area contributed by atoms with E-state index < -0.39 is 0 Å². The zero-order chi connectivity index (χ0) is 11.7. The van der Waals surface area contributed by atoms with Crippen molar-refractivity contribution in [1.29, 1.82) is 0 Å². The fourth-order valence-electron chi connectivity index (χ4n) is 2.93. The predicted molar refractivity (Wildman–Crippen MR) is 66.9 cm³/mol. The Morgan fingerprint density at radius 3 is 2.88 bits per heavy atom. The molecule has 0 saturated heterocycles. The molecule has 1 aliphatic heterocycles. The molecule has 0 atom stereocenters. The summed E-state index contributed by atoms with van der Waals surface area (Å²) in [7, 11) is 0. The van der Waals surface area contributed by atoms with Gasteiger partial charge < -0.3 is 10.6 Å². The number of anilines is 2. The lowest BCUT2D eigenvalue weighted by molar-refractivity contribution is -0.117. The number of aromatic nitrogens is 1. The number of hydrogen-bond donors (Lipinski definition) is 2. The Bertz CT molecular complexity index is 438. The fraction of sp³-hybridized carbons (Fsp3) is 0.538. The first kappa shape index (κ1) is 10.6. The van der Waals surface area contributed by atoms with Crippen LogP contribution in [0.5, 0.6) is 0 Å². The second-order valence-electron chi connectivity index (χ2n) is 5.09. The van der Waals surface area contributed by atoms with Crippen LogP contribution in [0, 0.1) is 0 Å². The second-order valence-corrected chi connectivity index (χ2v) is 5.09. The number of hydrogen-bond acceptors (Lipinski definition) is 3. The predicted octanol–water partition coefficient (Wildman–Crippen LogP) is 2.54. The van der Waals surface area contributed by atoms with Crippen LogP contribution in [0.15, 0.2) is 18.3 Å². The summed E-state index contributed by atoms with van der Waals surface area (Å²) in [5.74, 6) is 0.923. The van der Waals surface area contributed by atoms with Gasteiger partial charge in [-0.2, -0.15) is 0 Å². The highest BCUT2D eigenvalue weighted by Crippen LogP contribution is 2.37. The van der Waals surface area contributed by atoms with E-state index in [-0.39, 0.29) is 11.4 Å². The molecule has 17 heavy (non-hydrogen) atoms. The van der Waals surface area contributed by atoms with Crippen molar-refractivity contribution in [3.05, 3.63) is 18.3 Å². The lowest BCUT2D eigenvalue weighted by atomic mass is 9.79. The third kappa shape index (κ3) is 1.99. The number of nitrogens with zero attached hydrogens (tertiary/aromatic N) is 1. The molecule has 1 amide bonds. The first-order chi connectivity index (χ1) is 8.27. The lowest BCUT2D eigenvalue weighted by Gasteiger charge is -2.36. The van der Waals surface area contributed by atoms with Gasteiger partial charge in [-0.3, -0.25) is 4.79 Å². The average molecular weight is 231 g/mol. The van der Waals surface area contributed by atoms with Crippen molar-refractivity contribution < 1.29 is 4.79 Å². The van der Waals surface area contributed by atoms with Crippen LogP contribution in [-0.4, -0.2) is 16.4 Å². The van der Waals surface area contributed by atoms with E-state index in [1.54, 1.807) is 6.20 Å². The van der Waals surface area contributed by atoms with Gasteiger partial charge >= 0.3 is 0 Å². The summed E-state index contributed by atoms with van der Waals surface area (Å²) in [6.07, 6.45) is 8.13. The maximum Gasteiger partial charge on any atom is 0.226 e. The molecule has 3 rings (SSSR count). The molecule has 0 bridgehead atoms. The summed E-state index contributed by atoms with van der Waals surface area (Å²) >= 11 is 0. The summed E-state index contributed by atoms with van der Waals surface area (Å²) < 4.78 is 0. The third-order valence-corrected chi connectivity index (χ3v) is 3.77. The Morgan fingerprint density at radius 2 is 2.06 bits per heavy atom. The second kappa shape index (κ2) is 4.02. The highest BCUT2D eigenvalue weighted by Gasteiger charge is 2.37. The van der Waals surface area contributed by atoms with Crippen LogP contribution in [-0.2, 0) is 4.79 Å². The van der Waals surface area contributed by atoms with E-state index in [2.05, 4.69) is 15.6 Å². The van der Waals surface area contributed by atoms with Crippen LogP contribution in [0.25, 0.3) is 0 Å². The molecule has 2 heterocycles. The van der Waals surface area contributed by atoms with E-state index in [0.717, 1.165) is 24.3 Å². The minimum absolute atomic E-state index is 0.0675. The van der Waals surface area contributed by atoms with E-state index in [1.165, 1.54) is 19.3 Å². The van der Waals surface area contributed by atoms with Gasteiger partial charge in [-0.15, -0.1) is 0 Å². The van der Waals surface area contributed by atoms with Crippen molar-refractivity contribution in [2.24, 2.45) is 0 Å². The number of rotatable bonds is 0. The zero-order valence-corrected chi connectivity index (χ0v) is 9.83. The molecule has 4 heteroatoms. The van der Waals surface area contributed by atoms with Gasteiger partial charge in [0.25, 0.3) is 0 Å². The normalized spacial score (nSPS) is 22.2. The SMILES string of the molecule is O=C1CC2(CCCCC2)Nc2ncccc2N1. The fourth-order valence-corrected chi connectivity index (χ4v) is 2.93. The number of carbonyl (C=O) groups is 1. The smallest absolute Gasteiger partial charge is 0.226 e. The van der Waals surface area contributed by atoms with Crippen molar-refractivity contribution in [3.8, 4) is 0 Å². The van der Waals surface area contributed by atoms with Gasteiger partial charge in [-0.25, -0.2) is 4.98 Å². The van der Waals surface area contributed by atoms with Gasteiger partial charge in [-0.05, 0) is 25.0 Å². The molecule has 0 aromatic carbocycles. The van der Waals surface area contributed by atoms with Gasteiger partial charge in [0.15, 0.2) is 0 Å². The summed E-state index contributed by atoms with van der Waals surface area (Å²) in [6.45, 7) is 0. The molecular formula is C13H17N3O. The molecule has 0 unspecified atom stereocenters. The highest BCUT2D eigenvalue weighted by atomic mass is 16.1. The maximum absolute atomic E-state index is 11.9. The number of carbonyl (C=O) groups excluding carboxylic acids is 1. The monoisotopic (exact) mass is 231 g/mol. The Kier molecular flexibility index (Phi) is 2.50. The van der Waals surface area contributed by atoms with E-state index in [4.69, 9.17) is 0 Å². The summed E-state index contributed by atoms with van der Waals surface area (Å²) in [6, 6.07) is 3.74. The molecule has 1 aliphatic carbocycles. The van der Waals surface area contributed by atoms with Crippen LogP contribution in [0.4, 0.5) is 11.5 Å². The molecular weight excluding hydrogens is 214 g/mol. The highest BCUT2D eigenvalue weighted by molar-refractivity contribution is 5.96. The Morgan fingerprint density at radius 1 is 1.24 bits per heavy atom. The number of amides is 1. The van der Waals surface area contributed by atoms with E-state index in [1.807, 2.05) is 12.1 Å². The number of pyridine rings is 1. The van der Waals surface area contributed by atoms with E-state index in [9.17, 15) is 4.79 Å².